The van der Waals surface area contributed by atoms with Gasteiger partial charge < -0.3 is 5.32 Å². The average Bonchev–Trinajstić information content (AvgIpc) is 2.92. The summed E-state index contributed by atoms with van der Waals surface area (Å²) in [6, 6.07) is 1.64. The third-order valence-corrected chi connectivity index (χ3v) is 2.73. The van der Waals surface area contributed by atoms with Crippen LogP contribution in [0.4, 0.5) is 11.4 Å². The summed E-state index contributed by atoms with van der Waals surface area (Å²) in [4.78, 5) is 14.2. The Morgan fingerprint density at radius 1 is 1.67 bits per heavy atom. The quantitative estimate of drug-likeness (QED) is 0.528. The molecule has 0 aromatic carbocycles. The Morgan fingerprint density at radius 3 is 2.87 bits per heavy atom. The van der Waals surface area contributed by atoms with Crippen molar-refractivity contribution in [2.75, 3.05) is 5.32 Å². The molecule has 2 rings (SSSR count). The summed E-state index contributed by atoms with van der Waals surface area (Å²) < 4.78 is 0.362. The van der Waals surface area contributed by atoms with E-state index in [1.165, 1.54) is 6.07 Å². The fraction of sp³-hybridized carbons (Fsp3) is 0.375. The Morgan fingerprint density at radius 2 is 2.33 bits per heavy atom. The van der Waals surface area contributed by atoms with Crippen molar-refractivity contribution in [3.05, 3.63) is 25.9 Å². The van der Waals surface area contributed by atoms with Gasteiger partial charge >= 0.3 is 0 Å². The molecule has 15 heavy (non-hydrogen) atoms. The van der Waals surface area contributed by atoms with Crippen molar-refractivity contribution in [2.24, 2.45) is 0 Å². The maximum Gasteiger partial charge on any atom is 0.298 e. The van der Waals surface area contributed by atoms with Crippen LogP contribution in [0.25, 0.3) is 0 Å². The molecule has 1 aromatic heterocycles. The predicted molar refractivity (Wildman–Crippen MR) is 60.2 cm³/mol. The van der Waals surface area contributed by atoms with Crippen molar-refractivity contribution in [1.82, 2.24) is 4.98 Å². The summed E-state index contributed by atoms with van der Waals surface area (Å²) in [6.45, 7) is 0. The van der Waals surface area contributed by atoms with E-state index >= 15 is 0 Å². The van der Waals surface area contributed by atoms with Crippen molar-refractivity contribution < 1.29 is 4.92 Å². The van der Waals surface area contributed by atoms with Crippen molar-refractivity contribution in [2.45, 2.75) is 18.9 Å². The van der Waals surface area contributed by atoms with Crippen molar-refractivity contribution in [1.29, 1.82) is 0 Å². The lowest BCUT2D eigenvalue weighted by Crippen LogP contribution is -2.06. The smallest absolute Gasteiger partial charge is 0.298 e. The van der Waals surface area contributed by atoms with Crippen molar-refractivity contribution in [3.8, 4) is 0 Å². The molecular weight excluding hydrogens is 285 g/mol. The number of rotatable bonds is 3. The molecule has 1 aliphatic carbocycles. The minimum atomic E-state index is -0.469. The summed E-state index contributed by atoms with van der Waals surface area (Å²) in [6.07, 6.45) is 2.03. The summed E-state index contributed by atoms with van der Waals surface area (Å²) in [5, 5.41) is 13.9. The van der Waals surface area contributed by atoms with E-state index in [4.69, 9.17) is 11.6 Å². The number of aromatic nitrogens is 1. The zero-order chi connectivity index (χ0) is 11.0. The Kier molecular flexibility index (Phi) is 2.79. The highest BCUT2D eigenvalue weighted by Gasteiger charge is 2.27. The normalized spacial score (nSPS) is 15.1. The van der Waals surface area contributed by atoms with E-state index in [0.717, 1.165) is 12.8 Å². The van der Waals surface area contributed by atoms with Gasteiger partial charge in [0.25, 0.3) is 5.69 Å². The number of anilines is 1. The molecule has 0 bridgehead atoms. The molecule has 0 atom stereocenters. The Bertz CT molecular complexity index is 423. The van der Waals surface area contributed by atoms with Crippen LogP contribution in [0.1, 0.15) is 12.8 Å². The second-order valence-electron chi connectivity index (χ2n) is 3.31. The highest BCUT2D eigenvalue weighted by atomic mass is 79.9. The zero-order valence-corrected chi connectivity index (χ0v) is 9.88. The minimum Gasteiger partial charge on any atom is -0.374 e. The zero-order valence-electron chi connectivity index (χ0n) is 7.54. The highest BCUT2D eigenvalue weighted by Crippen LogP contribution is 2.36. The molecule has 1 aliphatic rings. The van der Waals surface area contributed by atoms with E-state index in [-0.39, 0.29) is 10.8 Å². The average molecular weight is 293 g/mol. The van der Waals surface area contributed by atoms with E-state index in [2.05, 4.69) is 26.2 Å². The fourth-order valence-electron chi connectivity index (χ4n) is 1.18. The van der Waals surface area contributed by atoms with E-state index in [9.17, 15) is 10.1 Å². The van der Waals surface area contributed by atoms with Gasteiger partial charge in [0.15, 0.2) is 10.8 Å². The third-order valence-electron chi connectivity index (χ3n) is 2.05. The lowest BCUT2D eigenvalue weighted by molar-refractivity contribution is -0.384. The number of hydrogen-bond acceptors (Lipinski definition) is 4. The third kappa shape index (κ3) is 2.38. The molecule has 5 nitrogen and oxygen atoms in total. The van der Waals surface area contributed by atoms with Gasteiger partial charge in [0, 0.05) is 6.04 Å². The lowest BCUT2D eigenvalue weighted by atomic mass is 10.3. The van der Waals surface area contributed by atoms with Crippen molar-refractivity contribution >= 4 is 38.9 Å². The van der Waals surface area contributed by atoms with E-state index < -0.39 is 4.92 Å². The van der Waals surface area contributed by atoms with Gasteiger partial charge in [-0.2, -0.15) is 0 Å². The molecule has 1 aromatic rings. The van der Waals surface area contributed by atoms with Crippen LogP contribution in [0.2, 0.25) is 5.15 Å². The Labute approximate surface area is 99.1 Å². The van der Waals surface area contributed by atoms with Crippen LogP contribution < -0.4 is 5.32 Å². The molecule has 80 valence electrons. The molecule has 0 saturated heterocycles. The summed E-state index contributed by atoms with van der Waals surface area (Å²) in [5.41, 5.74) is 0.265. The minimum absolute atomic E-state index is 0.0474. The molecular formula is C8H7BrClN3O2. The van der Waals surface area contributed by atoms with E-state index in [1.807, 2.05) is 0 Å². The molecule has 0 amide bonds. The second kappa shape index (κ2) is 3.94. The van der Waals surface area contributed by atoms with Gasteiger partial charge in [0.05, 0.1) is 11.0 Å². The van der Waals surface area contributed by atoms with Crippen LogP contribution in [0.5, 0.6) is 0 Å². The molecule has 0 unspecified atom stereocenters. The van der Waals surface area contributed by atoms with E-state index in [1.54, 1.807) is 0 Å². The van der Waals surface area contributed by atoms with Gasteiger partial charge in [-0.15, -0.1) is 0 Å². The maximum absolute atomic E-state index is 10.8. The van der Waals surface area contributed by atoms with Gasteiger partial charge in [0.1, 0.15) is 4.60 Å². The first kappa shape index (κ1) is 10.6. The maximum atomic E-state index is 10.8. The van der Waals surface area contributed by atoms with E-state index in [0.29, 0.717) is 16.3 Å². The van der Waals surface area contributed by atoms with Gasteiger partial charge in [-0.3, -0.25) is 10.1 Å². The molecule has 0 spiro atoms. The topological polar surface area (TPSA) is 68.1 Å². The SMILES string of the molecule is O=[N+]([O-])c1cc(Br)nc(Cl)c1NC1CC1. The number of pyridine rings is 1. The highest BCUT2D eigenvalue weighted by molar-refractivity contribution is 9.10. The standard InChI is InChI=1S/C8H7BrClN3O2/c9-6-3-5(13(14)15)7(8(10)12-6)11-4-1-2-4/h3-4,11H,1-2H2. The first-order chi connectivity index (χ1) is 7.08. The van der Waals surface area contributed by atoms with Crippen LogP contribution in [-0.4, -0.2) is 15.9 Å². The number of nitro groups is 1. The fourth-order valence-corrected chi connectivity index (χ4v) is 1.92. The molecule has 1 heterocycles. The second-order valence-corrected chi connectivity index (χ2v) is 4.48. The number of hydrogen-bond donors (Lipinski definition) is 1. The Hall–Kier alpha value is -0.880. The molecule has 1 fully saturated rings. The van der Waals surface area contributed by atoms with Crippen LogP contribution in [0, 0.1) is 10.1 Å². The monoisotopic (exact) mass is 291 g/mol. The van der Waals surface area contributed by atoms with Crippen LogP contribution in [0.3, 0.4) is 0 Å². The number of nitrogens with one attached hydrogen (secondary N) is 1. The molecule has 1 saturated carbocycles. The van der Waals surface area contributed by atoms with Crippen LogP contribution >= 0.6 is 27.5 Å². The number of halogens is 2. The summed E-state index contributed by atoms with van der Waals surface area (Å²) >= 11 is 8.91. The summed E-state index contributed by atoms with van der Waals surface area (Å²) in [5.74, 6) is 0. The lowest BCUT2D eigenvalue weighted by Gasteiger charge is -2.07. The largest absolute Gasteiger partial charge is 0.374 e. The van der Waals surface area contributed by atoms with Crippen LogP contribution in [-0.2, 0) is 0 Å². The van der Waals surface area contributed by atoms with Gasteiger partial charge in [-0.1, -0.05) is 11.6 Å². The molecule has 1 N–H and O–H groups in total. The number of nitrogens with zero attached hydrogens (tertiary/aromatic N) is 2. The van der Waals surface area contributed by atoms with Gasteiger partial charge in [-0.05, 0) is 28.8 Å². The van der Waals surface area contributed by atoms with Gasteiger partial charge in [0.2, 0.25) is 0 Å². The molecule has 0 radical (unpaired) electrons. The van der Waals surface area contributed by atoms with Crippen molar-refractivity contribution in [3.63, 3.8) is 0 Å². The van der Waals surface area contributed by atoms with Gasteiger partial charge in [-0.25, -0.2) is 4.98 Å². The molecule has 7 heteroatoms. The van der Waals surface area contributed by atoms with Crippen LogP contribution in [0.15, 0.2) is 10.7 Å². The molecule has 0 aliphatic heterocycles. The first-order valence-electron chi connectivity index (χ1n) is 4.35. The summed E-state index contributed by atoms with van der Waals surface area (Å²) in [7, 11) is 0. The predicted octanol–water partition coefficient (Wildman–Crippen LogP) is 2.98. The first-order valence-corrected chi connectivity index (χ1v) is 5.52. The Balaban J connectivity index is 2.42.